The molecule has 2 aromatic rings. The summed E-state index contributed by atoms with van der Waals surface area (Å²) in [7, 11) is 0. The molecule has 0 aliphatic rings. The van der Waals surface area contributed by atoms with Gasteiger partial charge in [0.15, 0.2) is 0 Å². The van der Waals surface area contributed by atoms with Gasteiger partial charge in [-0.15, -0.1) is 0 Å². The van der Waals surface area contributed by atoms with Crippen LogP contribution in [0.1, 0.15) is 31.8 Å². The van der Waals surface area contributed by atoms with Crippen LogP contribution in [0.5, 0.6) is 0 Å². The van der Waals surface area contributed by atoms with Crippen molar-refractivity contribution in [2.45, 2.75) is 13.8 Å². The predicted molar refractivity (Wildman–Crippen MR) is 73.1 cm³/mol. The maximum Gasteiger partial charge on any atom is 0.386 e. The Morgan fingerprint density at radius 1 is 0.773 bits per heavy atom. The van der Waals surface area contributed by atoms with E-state index in [1.165, 1.54) is 38.1 Å². The molecule has 2 aromatic carbocycles. The smallest absolute Gasteiger partial charge is 0.242 e. The van der Waals surface area contributed by atoms with Crippen molar-refractivity contribution in [2.24, 2.45) is 0 Å². The van der Waals surface area contributed by atoms with Crippen molar-refractivity contribution in [3.63, 3.8) is 0 Å². The molecule has 0 aliphatic carbocycles. The van der Waals surface area contributed by atoms with Gasteiger partial charge >= 0.3 is 11.9 Å². The van der Waals surface area contributed by atoms with E-state index in [2.05, 4.69) is 9.78 Å². The second-order valence-electron chi connectivity index (χ2n) is 4.67. The van der Waals surface area contributed by atoms with Crippen molar-refractivity contribution >= 4 is 11.9 Å². The van der Waals surface area contributed by atoms with Gasteiger partial charge in [-0.05, 0) is 61.4 Å². The van der Waals surface area contributed by atoms with Crippen molar-refractivity contribution in [2.75, 3.05) is 0 Å². The van der Waals surface area contributed by atoms with Gasteiger partial charge in [0.25, 0.3) is 0 Å². The molecule has 0 fully saturated rings. The molecule has 0 aliphatic heterocycles. The number of benzene rings is 2. The highest BCUT2D eigenvalue weighted by Gasteiger charge is 2.15. The van der Waals surface area contributed by atoms with Gasteiger partial charge in [-0.25, -0.2) is 28.1 Å². The van der Waals surface area contributed by atoms with Crippen LogP contribution >= 0.6 is 0 Å². The van der Waals surface area contributed by atoms with Crippen LogP contribution < -0.4 is 0 Å². The Labute approximate surface area is 125 Å². The van der Waals surface area contributed by atoms with E-state index >= 15 is 0 Å². The van der Waals surface area contributed by atoms with Crippen molar-refractivity contribution < 1.29 is 28.1 Å². The Morgan fingerprint density at radius 3 is 1.45 bits per heavy atom. The summed E-state index contributed by atoms with van der Waals surface area (Å²) in [5.74, 6) is -2.80. The number of aryl methyl sites for hydroxylation is 2. The topological polar surface area (TPSA) is 52.6 Å². The van der Waals surface area contributed by atoms with Gasteiger partial charge in [-0.3, -0.25) is 0 Å². The lowest BCUT2D eigenvalue weighted by Gasteiger charge is -2.05. The van der Waals surface area contributed by atoms with Crippen molar-refractivity contribution in [3.05, 3.63) is 70.3 Å². The lowest BCUT2D eigenvalue weighted by Crippen LogP contribution is -2.12. The lowest BCUT2D eigenvalue weighted by atomic mass is 10.1. The summed E-state index contributed by atoms with van der Waals surface area (Å²) in [5, 5.41) is 0. The first-order valence-electron chi connectivity index (χ1n) is 6.34. The maximum atomic E-state index is 13.1. The van der Waals surface area contributed by atoms with E-state index in [1.807, 2.05) is 0 Å². The van der Waals surface area contributed by atoms with Gasteiger partial charge < -0.3 is 0 Å². The molecule has 0 aromatic heterocycles. The second-order valence-corrected chi connectivity index (χ2v) is 4.67. The molecule has 0 radical (unpaired) electrons. The van der Waals surface area contributed by atoms with Gasteiger partial charge in [-0.1, -0.05) is 0 Å². The zero-order chi connectivity index (χ0) is 16.3. The third-order valence-corrected chi connectivity index (χ3v) is 2.98. The zero-order valence-electron chi connectivity index (χ0n) is 11.9. The van der Waals surface area contributed by atoms with Gasteiger partial charge in [0.1, 0.15) is 11.6 Å². The van der Waals surface area contributed by atoms with E-state index in [0.29, 0.717) is 0 Å². The Bertz CT molecular complexity index is 677. The second kappa shape index (κ2) is 6.34. The van der Waals surface area contributed by atoms with E-state index in [0.717, 1.165) is 12.1 Å². The Kier molecular flexibility index (Phi) is 4.50. The maximum absolute atomic E-state index is 13.1. The predicted octanol–water partition coefficient (Wildman–Crippen LogP) is 3.51. The third kappa shape index (κ3) is 3.46. The van der Waals surface area contributed by atoms with E-state index < -0.39 is 23.6 Å². The van der Waals surface area contributed by atoms with Crippen LogP contribution in [0, 0.1) is 25.5 Å². The van der Waals surface area contributed by atoms with Gasteiger partial charge in [0, 0.05) is 0 Å². The molecule has 0 amide bonds. The van der Waals surface area contributed by atoms with Crippen molar-refractivity contribution in [1.82, 2.24) is 0 Å². The quantitative estimate of drug-likeness (QED) is 0.629. The number of rotatable bonds is 2. The van der Waals surface area contributed by atoms with Gasteiger partial charge in [0.05, 0.1) is 11.1 Å². The molecule has 0 saturated heterocycles. The van der Waals surface area contributed by atoms with Crippen molar-refractivity contribution in [3.8, 4) is 0 Å². The van der Waals surface area contributed by atoms with Crippen LogP contribution in [0.2, 0.25) is 0 Å². The van der Waals surface area contributed by atoms with Crippen LogP contribution in [0.15, 0.2) is 36.4 Å². The molecule has 114 valence electrons. The molecule has 0 N–H and O–H groups in total. The highest BCUT2D eigenvalue weighted by atomic mass is 19.1. The molecule has 2 rings (SSSR count). The van der Waals surface area contributed by atoms with Crippen LogP contribution in [-0.4, -0.2) is 11.9 Å². The first kappa shape index (κ1) is 15.6. The third-order valence-electron chi connectivity index (χ3n) is 2.98. The van der Waals surface area contributed by atoms with Crippen molar-refractivity contribution in [1.29, 1.82) is 0 Å². The molecule has 0 saturated carbocycles. The molecule has 22 heavy (non-hydrogen) atoms. The van der Waals surface area contributed by atoms with Crippen LogP contribution in [-0.2, 0) is 9.78 Å². The first-order valence-corrected chi connectivity index (χ1v) is 6.34. The van der Waals surface area contributed by atoms with Crippen LogP contribution in [0.3, 0.4) is 0 Å². The Balaban J connectivity index is 2.02. The van der Waals surface area contributed by atoms with Gasteiger partial charge in [-0.2, -0.15) is 0 Å². The molecule has 6 heteroatoms. The van der Waals surface area contributed by atoms with E-state index in [1.54, 1.807) is 0 Å². The fourth-order valence-corrected chi connectivity index (χ4v) is 1.72. The van der Waals surface area contributed by atoms with Crippen LogP contribution in [0.4, 0.5) is 8.78 Å². The lowest BCUT2D eigenvalue weighted by molar-refractivity contribution is -0.187. The van der Waals surface area contributed by atoms with E-state index in [-0.39, 0.29) is 22.3 Å². The minimum atomic E-state index is -0.935. The summed E-state index contributed by atoms with van der Waals surface area (Å²) in [6.07, 6.45) is 0. The highest BCUT2D eigenvalue weighted by Crippen LogP contribution is 2.13. The summed E-state index contributed by atoms with van der Waals surface area (Å²) in [6.45, 7) is 2.97. The summed E-state index contributed by atoms with van der Waals surface area (Å²) in [6, 6.07) is 7.18. The molecule has 4 nitrogen and oxygen atoms in total. The number of hydrogen-bond acceptors (Lipinski definition) is 4. The average molecular weight is 306 g/mol. The monoisotopic (exact) mass is 306 g/mol. The first-order chi connectivity index (χ1) is 10.4. The standard InChI is InChI=1S/C16H12F2O4/c1-9-7-11(3-5-13(9)17)15(19)21-22-16(20)12-4-6-14(18)10(2)8-12/h3-8H,1-2H3. The fourth-order valence-electron chi connectivity index (χ4n) is 1.72. The van der Waals surface area contributed by atoms with Gasteiger partial charge in [0.2, 0.25) is 0 Å². The molecule has 0 atom stereocenters. The Hall–Kier alpha value is -2.76. The number of carbonyl (C=O) groups excluding carboxylic acids is 2. The minimum absolute atomic E-state index is 0.0435. The average Bonchev–Trinajstić information content (AvgIpc) is 2.50. The molecular weight excluding hydrogens is 294 g/mol. The van der Waals surface area contributed by atoms with Crippen LogP contribution in [0.25, 0.3) is 0 Å². The highest BCUT2D eigenvalue weighted by molar-refractivity contribution is 5.92. The number of halogens is 2. The largest absolute Gasteiger partial charge is 0.386 e. The Morgan fingerprint density at radius 2 is 1.14 bits per heavy atom. The van der Waals surface area contributed by atoms with E-state index in [4.69, 9.17) is 0 Å². The molecular formula is C16H12F2O4. The minimum Gasteiger partial charge on any atom is -0.242 e. The molecule has 0 unspecified atom stereocenters. The normalized spacial score (nSPS) is 10.2. The molecule has 0 heterocycles. The molecule has 0 bridgehead atoms. The fraction of sp³-hybridized carbons (Fsp3) is 0.125. The summed E-state index contributed by atoms with van der Waals surface area (Å²) >= 11 is 0. The number of hydrogen-bond donors (Lipinski definition) is 0. The molecule has 0 spiro atoms. The van der Waals surface area contributed by atoms with E-state index in [9.17, 15) is 18.4 Å². The summed E-state index contributed by atoms with van der Waals surface area (Å²) in [4.78, 5) is 32.2. The summed E-state index contributed by atoms with van der Waals surface area (Å²) in [5.41, 5.74) is 0.605. The number of carbonyl (C=O) groups is 2. The summed E-state index contributed by atoms with van der Waals surface area (Å²) < 4.78 is 26.2. The zero-order valence-corrected chi connectivity index (χ0v) is 11.9. The SMILES string of the molecule is Cc1cc(C(=O)OOC(=O)c2ccc(F)c(C)c2)ccc1F.